The standard InChI is InChI=1S/B6O/c1-5(2)7-6(3)4. The molecule has 0 rings (SSSR count). The zero-order chi connectivity index (χ0) is 5.86. The van der Waals surface area contributed by atoms with Crippen LogP contribution in [0, 0.1) is 0 Å². The van der Waals surface area contributed by atoms with Crippen LogP contribution in [0.2, 0.25) is 0 Å². The molecule has 0 saturated heterocycles. The fraction of sp³-hybridized carbons (Fsp3) is 0. The Bertz CT molecular complexity index is 33.4. The van der Waals surface area contributed by atoms with Gasteiger partial charge in [0.2, 0.25) is 0 Å². The quantitative estimate of drug-likeness (QED) is 0.338. The molecule has 0 aromatic heterocycles. The van der Waals surface area contributed by atoms with Crippen LogP contribution in [0.3, 0.4) is 0 Å². The first-order valence-electron chi connectivity index (χ1n) is 1.80. The highest BCUT2D eigenvalue weighted by Gasteiger charge is 1.99. The average Bonchev–Trinajstić information content (AvgIpc) is 1.27. The van der Waals surface area contributed by atoms with Gasteiger partial charge in [-0.3, -0.25) is 0 Å². The fourth-order valence-corrected chi connectivity index (χ4v) is 0.181. The van der Waals surface area contributed by atoms with Gasteiger partial charge in [0.15, 0.2) is 13.4 Å². The second kappa shape index (κ2) is 3.36. The fourth-order valence-electron chi connectivity index (χ4n) is 0.181. The summed E-state index contributed by atoms with van der Waals surface area (Å²) >= 11 is 0. The lowest BCUT2D eigenvalue weighted by atomic mass is 9.24. The predicted octanol–water partition coefficient (Wildman–Crippen LogP) is -2.35. The maximum Gasteiger partial charge on any atom is 0.162 e. The van der Waals surface area contributed by atoms with E-state index in [0.717, 1.165) is 0 Å². The zero-order valence-electron chi connectivity index (χ0n) is 3.87. The second-order valence-electron chi connectivity index (χ2n) is 1.07. The zero-order valence-corrected chi connectivity index (χ0v) is 3.87. The van der Waals surface area contributed by atoms with Crippen molar-refractivity contribution in [2.75, 3.05) is 0 Å². The van der Waals surface area contributed by atoms with Gasteiger partial charge in [0, 0.05) is 0 Å². The van der Waals surface area contributed by atoms with Crippen molar-refractivity contribution in [3.8, 4) is 0 Å². The summed E-state index contributed by atoms with van der Waals surface area (Å²) in [6, 6.07) is 0. The van der Waals surface area contributed by atoms with Crippen LogP contribution in [0.4, 0.5) is 0 Å². The van der Waals surface area contributed by atoms with E-state index in [-0.39, 0.29) is 0 Å². The maximum atomic E-state index is 4.89. The van der Waals surface area contributed by atoms with Crippen molar-refractivity contribution in [3.63, 3.8) is 0 Å². The van der Waals surface area contributed by atoms with E-state index in [1.54, 1.807) is 0 Å². The summed E-state index contributed by atoms with van der Waals surface area (Å²) in [5, 5.41) is 0. The highest BCUT2D eigenvalue weighted by Crippen LogP contribution is 1.71. The molecule has 0 spiro atoms. The van der Waals surface area contributed by atoms with Crippen molar-refractivity contribution in [1.82, 2.24) is 0 Å². The molecule has 0 aliphatic carbocycles. The molecular weight excluding hydrogens is 80.9 g/mol. The van der Waals surface area contributed by atoms with E-state index in [2.05, 4.69) is 4.57 Å². The SMILES string of the molecule is [B]B([B])OB([B])[B]. The van der Waals surface area contributed by atoms with E-state index in [9.17, 15) is 0 Å². The number of rotatable bonds is 2. The maximum absolute atomic E-state index is 4.89. The third-order valence-corrected chi connectivity index (χ3v) is 0.314. The molecule has 0 aliphatic heterocycles. The molecule has 0 unspecified atom stereocenters. The predicted molar refractivity (Wildman–Crippen MR) is 35.6 cm³/mol. The minimum atomic E-state index is -0.875. The van der Waals surface area contributed by atoms with Crippen LogP contribution in [-0.4, -0.2) is 44.3 Å². The van der Waals surface area contributed by atoms with Crippen LogP contribution in [0.5, 0.6) is 0 Å². The molecule has 8 radical (unpaired) electrons. The summed E-state index contributed by atoms with van der Waals surface area (Å²) < 4.78 is 4.36. The van der Waals surface area contributed by atoms with Crippen LogP contribution in [0.25, 0.3) is 0 Å². The van der Waals surface area contributed by atoms with E-state index in [0.29, 0.717) is 0 Å². The van der Waals surface area contributed by atoms with Crippen LogP contribution in [-0.2, 0) is 4.57 Å². The second-order valence-corrected chi connectivity index (χ2v) is 1.07. The minimum absolute atomic E-state index is 0.875. The molecule has 7 heteroatoms. The lowest BCUT2D eigenvalue weighted by molar-refractivity contribution is 0.660. The van der Waals surface area contributed by atoms with Gasteiger partial charge in [-0.25, -0.2) is 0 Å². The molecule has 0 fully saturated rings. The highest BCUT2D eigenvalue weighted by atomic mass is 16.4. The Morgan fingerprint density at radius 3 is 1.14 bits per heavy atom. The monoisotopic (exact) mass is 82.1 g/mol. The first-order chi connectivity index (χ1) is 3.13. The number of hydrogen-bond donors (Lipinski definition) is 0. The molecule has 0 aliphatic rings. The number of hydrogen-bond acceptors (Lipinski definition) is 1. The molecule has 0 N–H and O–H groups in total. The minimum Gasteiger partial charge on any atom is -0.525 e. The van der Waals surface area contributed by atoms with Gasteiger partial charge in [-0.15, -0.1) is 0 Å². The molecule has 0 heterocycles. The van der Waals surface area contributed by atoms with Gasteiger partial charge in [-0.1, -0.05) is 0 Å². The van der Waals surface area contributed by atoms with Crippen LogP contribution < -0.4 is 0 Å². The van der Waals surface area contributed by atoms with Gasteiger partial charge in [-0.05, 0) is 0 Å². The van der Waals surface area contributed by atoms with Gasteiger partial charge in [-0.2, -0.15) is 0 Å². The van der Waals surface area contributed by atoms with E-state index in [1.165, 1.54) is 0 Å². The summed E-state index contributed by atoms with van der Waals surface area (Å²) in [4.78, 5) is 0. The van der Waals surface area contributed by atoms with Crippen LogP contribution in [0.1, 0.15) is 0 Å². The third-order valence-electron chi connectivity index (χ3n) is 0.314. The van der Waals surface area contributed by atoms with Crippen LogP contribution in [0.15, 0.2) is 0 Å². The Morgan fingerprint density at radius 1 is 0.857 bits per heavy atom. The lowest BCUT2D eigenvalue weighted by Crippen LogP contribution is -2.31. The Kier molecular flexibility index (Phi) is 3.53. The summed E-state index contributed by atoms with van der Waals surface area (Å²) in [5.74, 6) is 0. The normalized spacial score (nSPS) is 8.00. The molecule has 0 amide bonds. The average molecular weight is 80.9 g/mol. The molecule has 1 nitrogen and oxygen atoms in total. The Balaban J connectivity index is 2.95. The highest BCUT2D eigenvalue weighted by molar-refractivity contribution is 7.34. The molecule has 0 saturated carbocycles. The molecular formula is B6O. The Morgan fingerprint density at radius 2 is 1.14 bits per heavy atom. The van der Waals surface area contributed by atoms with Gasteiger partial charge in [0.05, 0.1) is 30.9 Å². The van der Waals surface area contributed by atoms with E-state index in [1.807, 2.05) is 0 Å². The van der Waals surface area contributed by atoms with Gasteiger partial charge in [0.25, 0.3) is 0 Å². The van der Waals surface area contributed by atoms with E-state index < -0.39 is 13.4 Å². The third kappa shape index (κ3) is 6.35. The van der Waals surface area contributed by atoms with Gasteiger partial charge in [0.1, 0.15) is 0 Å². The van der Waals surface area contributed by atoms with Crippen molar-refractivity contribution in [2.45, 2.75) is 0 Å². The molecule has 0 bridgehead atoms. The van der Waals surface area contributed by atoms with Crippen molar-refractivity contribution < 1.29 is 4.57 Å². The topological polar surface area (TPSA) is 9.23 Å². The van der Waals surface area contributed by atoms with Crippen molar-refractivity contribution in [3.05, 3.63) is 0 Å². The molecule has 0 atom stereocenters. The summed E-state index contributed by atoms with van der Waals surface area (Å²) in [6.45, 7) is -1.75. The van der Waals surface area contributed by atoms with Crippen molar-refractivity contribution in [2.24, 2.45) is 0 Å². The molecule has 24 valence electrons. The van der Waals surface area contributed by atoms with E-state index >= 15 is 0 Å². The summed E-state index contributed by atoms with van der Waals surface area (Å²) in [5.41, 5.74) is 0. The Hall–Kier alpha value is 0.350. The van der Waals surface area contributed by atoms with Gasteiger partial charge >= 0.3 is 0 Å². The van der Waals surface area contributed by atoms with Crippen molar-refractivity contribution >= 4 is 44.3 Å². The summed E-state index contributed by atoms with van der Waals surface area (Å²) in [7, 11) is 19.6. The van der Waals surface area contributed by atoms with E-state index in [4.69, 9.17) is 30.9 Å². The molecule has 7 heavy (non-hydrogen) atoms. The van der Waals surface area contributed by atoms with Gasteiger partial charge < -0.3 is 4.57 Å². The summed E-state index contributed by atoms with van der Waals surface area (Å²) in [6.07, 6.45) is 0. The molecule has 0 aromatic carbocycles. The Labute approximate surface area is 49.7 Å². The first kappa shape index (κ1) is 7.35. The molecule has 0 aromatic rings. The lowest BCUT2D eigenvalue weighted by Gasteiger charge is -2.07. The van der Waals surface area contributed by atoms with Crippen LogP contribution >= 0.6 is 0 Å². The largest absolute Gasteiger partial charge is 0.525 e. The first-order valence-corrected chi connectivity index (χ1v) is 1.80. The smallest absolute Gasteiger partial charge is 0.162 e. The van der Waals surface area contributed by atoms with Crippen molar-refractivity contribution in [1.29, 1.82) is 0 Å².